The third-order valence-corrected chi connectivity index (χ3v) is 5.39. The third-order valence-electron chi connectivity index (χ3n) is 5.39. The number of fused-ring (bicyclic) bond motifs is 1. The molecule has 0 aliphatic carbocycles. The molecule has 8 nitrogen and oxygen atoms in total. The second-order valence-electron chi connectivity index (χ2n) is 7.44. The van der Waals surface area contributed by atoms with E-state index in [-0.39, 0.29) is 17.2 Å². The lowest BCUT2D eigenvalue weighted by atomic mass is 10.1. The zero-order valence-electron chi connectivity index (χ0n) is 17.0. The number of halogens is 1. The van der Waals surface area contributed by atoms with Crippen molar-refractivity contribution in [1.29, 1.82) is 5.41 Å². The highest BCUT2D eigenvalue weighted by molar-refractivity contribution is 6.15. The van der Waals surface area contributed by atoms with E-state index in [2.05, 4.69) is 10.3 Å². The van der Waals surface area contributed by atoms with Gasteiger partial charge < -0.3 is 24.3 Å². The molecule has 5 rings (SSSR count). The Morgan fingerprint density at radius 2 is 1.88 bits per heavy atom. The smallest absolute Gasteiger partial charge is 0.365 e. The molecular weight excluding hydrogens is 413 g/mol. The Morgan fingerprint density at radius 1 is 1.09 bits per heavy atom. The van der Waals surface area contributed by atoms with E-state index in [0.29, 0.717) is 43.1 Å². The number of nitrogens with zero attached hydrogens (tertiary/aromatic N) is 3. The number of esters is 1. The molecule has 0 radical (unpaired) electrons. The first-order valence-electron chi connectivity index (χ1n) is 10.2. The largest absolute Gasteiger partial charge is 0.461 e. The van der Waals surface area contributed by atoms with Crippen LogP contribution in [0.15, 0.2) is 76.1 Å². The van der Waals surface area contributed by atoms with Crippen LogP contribution in [-0.2, 0) is 9.53 Å². The van der Waals surface area contributed by atoms with Gasteiger partial charge in [0.25, 0.3) is 0 Å². The van der Waals surface area contributed by atoms with Gasteiger partial charge in [0.1, 0.15) is 0 Å². The molecule has 2 aliphatic heterocycles. The summed E-state index contributed by atoms with van der Waals surface area (Å²) in [4.78, 5) is 20.6. The minimum atomic E-state index is -0.554. The molecule has 1 aromatic heterocycles. The molecule has 0 bridgehead atoms. The van der Waals surface area contributed by atoms with Gasteiger partial charge in [0.2, 0.25) is 5.90 Å². The van der Waals surface area contributed by atoms with E-state index in [1.165, 1.54) is 18.4 Å². The van der Waals surface area contributed by atoms with E-state index < -0.39 is 11.8 Å². The topological polar surface area (TPSA) is 94.2 Å². The number of piperazine rings is 1. The molecule has 2 N–H and O–H groups in total. The van der Waals surface area contributed by atoms with Gasteiger partial charge in [-0.05, 0) is 30.3 Å². The van der Waals surface area contributed by atoms with Gasteiger partial charge in [-0.15, -0.1) is 0 Å². The number of aliphatic imine (C=N–C) groups is 1. The molecule has 0 saturated carbocycles. The Hall–Kier alpha value is -4.14. The maximum Gasteiger partial charge on any atom is 0.365 e. The van der Waals surface area contributed by atoms with E-state index in [1.807, 2.05) is 40.1 Å². The number of cyclic esters (lactones) is 1. The van der Waals surface area contributed by atoms with Crippen LogP contribution >= 0.6 is 0 Å². The summed E-state index contributed by atoms with van der Waals surface area (Å²) >= 11 is 0. The number of para-hydroxylation sites is 1. The lowest BCUT2D eigenvalue weighted by molar-refractivity contribution is -0.130. The molecule has 0 atom stereocenters. The molecule has 9 heteroatoms. The lowest BCUT2D eigenvalue weighted by Gasteiger charge is -2.35. The summed E-state index contributed by atoms with van der Waals surface area (Å²) in [7, 11) is 0. The minimum absolute atomic E-state index is 0.0985. The van der Waals surface area contributed by atoms with Crippen LogP contribution in [0.1, 0.15) is 5.56 Å². The average Bonchev–Trinajstić information content (AvgIpc) is 3.43. The summed E-state index contributed by atoms with van der Waals surface area (Å²) in [6.07, 6.45) is 3.06. The monoisotopic (exact) mass is 433 g/mol. The maximum absolute atomic E-state index is 13.9. The fourth-order valence-electron chi connectivity index (χ4n) is 3.71. The zero-order valence-corrected chi connectivity index (χ0v) is 17.0. The summed E-state index contributed by atoms with van der Waals surface area (Å²) in [5.41, 5.74) is 1.65. The minimum Gasteiger partial charge on any atom is -0.461 e. The number of furan rings is 1. The second kappa shape index (κ2) is 8.18. The number of hydrogen-bond donors (Lipinski definition) is 2. The summed E-state index contributed by atoms with van der Waals surface area (Å²) in [5.74, 6) is -0.578. The van der Waals surface area contributed by atoms with Crippen LogP contribution in [0, 0.1) is 11.2 Å². The van der Waals surface area contributed by atoms with Gasteiger partial charge in [0.05, 0.1) is 6.26 Å². The van der Waals surface area contributed by atoms with Crippen molar-refractivity contribution in [1.82, 2.24) is 9.80 Å². The Balaban J connectivity index is 1.26. The van der Waals surface area contributed by atoms with E-state index >= 15 is 0 Å². The zero-order chi connectivity index (χ0) is 22.1. The Bertz CT molecular complexity index is 1240. The molecule has 1 fully saturated rings. The average molecular weight is 433 g/mol. The first-order chi connectivity index (χ1) is 15.6. The van der Waals surface area contributed by atoms with Gasteiger partial charge in [-0.1, -0.05) is 18.2 Å². The molecule has 0 unspecified atom stereocenters. The SMILES string of the molecule is N=C(Nc1ccccc1)N1CCN(/C=C2/N=C(c3ccc(F)c4occc34)OC2=O)CC1. The highest BCUT2D eigenvalue weighted by atomic mass is 19.1. The van der Waals surface area contributed by atoms with Crippen LogP contribution in [-0.4, -0.2) is 53.8 Å². The van der Waals surface area contributed by atoms with Crippen molar-refractivity contribution in [3.8, 4) is 0 Å². The first-order valence-corrected chi connectivity index (χ1v) is 10.2. The summed E-state index contributed by atoms with van der Waals surface area (Å²) < 4.78 is 24.4. The predicted molar refractivity (Wildman–Crippen MR) is 118 cm³/mol. The summed E-state index contributed by atoms with van der Waals surface area (Å²) in [5, 5.41) is 11.9. The predicted octanol–water partition coefficient (Wildman–Crippen LogP) is 3.38. The third kappa shape index (κ3) is 3.80. The number of nitrogens with one attached hydrogen (secondary N) is 2. The first kappa shape index (κ1) is 19.8. The molecule has 3 aromatic rings. The van der Waals surface area contributed by atoms with E-state index in [0.717, 1.165) is 5.69 Å². The highest BCUT2D eigenvalue weighted by Crippen LogP contribution is 2.27. The van der Waals surface area contributed by atoms with Gasteiger partial charge >= 0.3 is 5.97 Å². The number of carbonyl (C=O) groups is 1. The molecule has 0 amide bonds. The Labute approximate surface area is 183 Å². The fraction of sp³-hybridized carbons (Fsp3) is 0.174. The van der Waals surface area contributed by atoms with Crippen LogP contribution in [0.5, 0.6) is 0 Å². The summed E-state index contributed by atoms with van der Waals surface area (Å²) in [6.45, 7) is 2.51. The highest BCUT2D eigenvalue weighted by Gasteiger charge is 2.28. The quantitative estimate of drug-likeness (QED) is 0.285. The van der Waals surface area contributed by atoms with Gasteiger partial charge in [-0.25, -0.2) is 14.2 Å². The van der Waals surface area contributed by atoms with E-state index in [1.54, 1.807) is 12.3 Å². The molecule has 2 aliphatic rings. The molecule has 0 spiro atoms. The number of guanidine groups is 1. The molecular formula is C23H20FN5O3. The van der Waals surface area contributed by atoms with Crippen molar-refractivity contribution in [2.24, 2.45) is 4.99 Å². The van der Waals surface area contributed by atoms with Crippen LogP contribution in [0.25, 0.3) is 11.0 Å². The lowest BCUT2D eigenvalue weighted by Crippen LogP contribution is -2.48. The summed E-state index contributed by atoms with van der Waals surface area (Å²) in [6, 6.07) is 14.0. The van der Waals surface area contributed by atoms with Gasteiger partial charge in [0, 0.05) is 49.0 Å². The number of rotatable bonds is 3. The van der Waals surface area contributed by atoms with Gasteiger partial charge in [-0.2, -0.15) is 0 Å². The molecule has 2 aromatic carbocycles. The second-order valence-corrected chi connectivity index (χ2v) is 7.44. The van der Waals surface area contributed by atoms with Crippen LogP contribution in [0.4, 0.5) is 10.1 Å². The van der Waals surface area contributed by atoms with Crippen molar-refractivity contribution in [3.05, 3.63) is 78.1 Å². The number of anilines is 1. The van der Waals surface area contributed by atoms with Crippen molar-refractivity contribution < 1.29 is 18.3 Å². The normalized spacial score (nSPS) is 17.6. The number of ether oxygens (including phenoxy) is 1. The molecule has 1 saturated heterocycles. The number of hydrogen-bond acceptors (Lipinski definition) is 6. The van der Waals surface area contributed by atoms with Gasteiger partial charge in [-0.3, -0.25) is 5.41 Å². The van der Waals surface area contributed by atoms with Crippen molar-refractivity contribution in [2.45, 2.75) is 0 Å². The van der Waals surface area contributed by atoms with E-state index in [9.17, 15) is 9.18 Å². The fourth-order valence-corrected chi connectivity index (χ4v) is 3.71. The molecule has 162 valence electrons. The van der Waals surface area contributed by atoms with Crippen LogP contribution in [0.3, 0.4) is 0 Å². The Kier molecular flexibility index (Phi) is 5.06. The van der Waals surface area contributed by atoms with E-state index in [4.69, 9.17) is 14.6 Å². The van der Waals surface area contributed by atoms with Crippen molar-refractivity contribution in [3.63, 3.8) is 0 Å². The maximum atomic E-state index is 13.9. The Morgan fingerprint density at radius 3 is 2.66 bits per heavy atom. The number of benzene rings is 2. The number of carbonyl (C=O) groups excluding carboxylic acids is 1. The van der Waals surface area contributed by atoms with Crippen molar-refractivity contribution in [2.75, 3.05) is 31.5 Å². The van der Waals surface area contributed by atoms with Crippen molar-refractivity contribution >= 4 is 34.5 Å². The van der Waals surface area contributed by atoms with Crippen LogP contribution in [0.2, 0.25) is 0 Å². The molecule has 3 heterocycles. The standard InChI is InChI=1S/C23H20FN5O3/c24-18-7-6-17(16-8-13-31-20(16)18)21-27-19(22(30)32-21)14-28-9-11-29(12-10-28)23(25)26-15-4-2-1-3-5-15/h1-8,13-14H,9-12H2,(H2,25,26)/b19-14+. The molecule has 32 heavy (non-hydrogen) atoms. The van der Waals surface area contributed by atoms with Gasteiger partial charge in [0.15, 0.2) is 23.1 Å². The van der Waals surface area contributed by atoms with Crippen LogP contribution < -0.4 is 5.32 Å².